The maximum Gasteiger partial charge on any atom is 0.247 e. The van der Waals surface area contributed by atoms with Crippen molar-refractivity contribution in [1.82, 2.24) is 15.2 Å². The fourth-order valence-corrected chi connectivity index (χ4v) is 3.82. The molecule has 4 rings (SSSR count). The molecule has 8 nitrogen and oxygen atoms in total. The first-order chi connectivity index (χ1) is 16.0. The Morgan fingerprint density at radius 1 is 1.09 bits per heavy atom. The minimum absolute atomic E-state index is 0.208. The lowest BCUT2D eigenvalue weighted by atomic mass is 10.1. The molecule has 10 heteroatoms. The second-order valence-electron chi connectivity index (χ2n) is 7.18. The highest BCUT2D eigenvalue weighted by molar-refractivity contribution is 7.14. The number of benzene rings is 2. The molecule has 0 saturated carbocycles. The molecule has 2 heterocycles. The number of anilines is 2. The Hall–Kier alpha value is -3.92. The molecule has 0 unspecified atom stereocenters. The minimum Gasteiger partial charge on any atom is -0.421 e. The number of halogens is 1. The van der Waals surface area contributed by atoms with E-state index in [1.165, 1.54) is 30.4 Å². The second-order valence-corrected chi connectivity index (χ2v) is 8.04. The fraction of sp³-hybridized carbons (Fsp3) is 0.174. The third kappa shape index (κ3) is 5.86. The number of carbonyl (C=O) groups is 2. The largest absolute Gasteiger partial charge is 0.421 e. The summed E-state index contributed by atoms with van der Waals surface area (Å²) in [6.07, 6.45) is 1.25. The van der Waals surface area contributed by atoms with Gasteiger partial charge in [0.2, 0.25) is 23.6 Å². The summed E-state index contributed by atoms with van der Waals surface area (Å²) < 4.78 is 20.0. The number of nitrogens with zero attached hydrogens (tertiary/aromatic N) is 3. The van der Waals surface area contributed by atoms with Crippen LogP contribution in [-0.4, -0.2) is 27.0 Å². The molecule has 0 aliphatic rings. The van der Waals surface area contributed by atoms with Crippen molar-refractivity contribution in [2.75, 3.05) is 10.6 Å². The summed E-state index contributed by atoms with van der Waals surface area (Å²) in [4.78, 5) is 27.7. The van der Waals surface area contributed by atoms with Crippen LogP contribution >= 0.6 is 11.3 Å². The van der Waals surface area contributed by atoms with Gasteiger partial charge in [0.1, 0.15) is 5.82 Å². The molecule has 0 radical (unpaired) electrons. The molecule has 168 valence electrons. The lowest BCUT2D eigenvalue weighted by Gasteiger charge is -2.05. The number of amides is 2. The third-order valence-electron chi connectivity index (χ3n) is 4.60. The molecular weight excluding hydrogens is 445 g/mol. The van der Waals surface area contributed by atoms with Crippen LogP contribution in [0.3, 0.4) is 0 Å². The average molecular weight is 466 g/mol. The third-order valence-corrected chi connectivity index (χ3v) is 5.36. The molecule has 0 bridgehead atoms. The van der Waals surface area contributed by atoms with Gasteiger partial charge in [-0.15, -0.1) is 21.5 Å². The highest BCUT2D eigenvalue weighted by Crippen LogP contribution is 2.29. The van der Waals surface area contributed by atoms with Crippen LogP contribution in [0, 0.1) is 5.82 Å². The molecule has 0 saturated heterocycles. The zero-order chi connectivity index (χ0) is 23.2. The SMILES string of the molecule is CC(=O)Nc1ccc(-c2csc(NC(=O)CCCc3nnc(-c4ccccc4)o3)n2)c(F)c1. The number of hydrogen-bond donors (Lipinski definition) is 2. The first kappa shape index (κ1) is 22.3. The maximum atomic E-state index is 14.4. The minimum atomic E-state index is -0.515. The topological polar surface area (TPSA) is 110 Å². The van der Waals surface area contributed by atoms with E-state index in [-0.39, 0.29) is 23.8 Å². The van der Waals surface area contributed by atoms with Gasteiger partial charge in [-0.1, -0.05) is 18.2 Å². The number of rotatable bonds is 8. The van der Waals surface area contributed by atoms with E-state index in [0.29, 0.717) is 41.1 Å². The molecule has 0 spiro atoms. The Morgan fingerprint density at radius 3 is 2.67 bits per heavy atom. The Balaban J connectivity index is 1.29. The number of thiazole rings is 1. The summed E-state index contributed by atoms with van der Waals surface area (Å²) in [5.74, 6) is -0.0883. The highest BCUT2D eigenvalue weighted by atomic mass is 32.1. The molecule has 2 amide bonds. The summed E-state index contributed by atoms with van der Waals surface area (Å²) >= 11 is 1.21. The van der Waals surface area contributed by atoms with Crippen LogP contribution in [-0.2, 0) is 16.0 Å². The van der Waals surface area contributed by atoms with Crippen molar-refractivity contribution < 1.29 is 18.4 Å². The van der Waals surface area contributed by atoms with Crippen LogP contribution in [0.5, 0.6) is 0 Å². The second kappa shape index (κ2) is 10.1. The van der Waals surface area contributed by atoms with Crippen molar-refractivity contribution in [1.29, 1.82) is 0 Å². The first-order valence-electron chi connectivity index (χ1n) is 10.2. The predicted octanol–water partition coefficient (Wildman–Crippen LogP) is 4.92. The average Bonchev–Trinajstić information content (AvgIpc) is 3.44. The van der Waals surface area contributed by atoms with Crippen molar-refractivity contribution in [2.24, 2.45) is 0 Å². The van der Waals surface area contributed by atoms with E-state index in [1.54, 1.807) is 11.4 Å². The summed E-state index contributed by atoms with van der Waals surface area (Å²) in [6, 6.07) is 13.8. The van der Waals surface area contributed by atoms with Crippen molar-refractivity contribution in [2.45, 2.75) is 26.2 Å². The molecule has 0 aliphatic heterocycles. The summed E-state index contributed by atoms with van der Waals surface area (Å²) in [6.45, 7) is 1.35. The molecule has 0 aliphatic carbocycles. The van der Waals surface area contributed by atoms with Crippen molar-refractivity contribution in [3.8, 4) is 22.7 Å². The Morgan fingerprint density at radius 2 is 1.91 bits per heavy atom. The smallest absolute Gasteiger partial charge is 0.247 e. The van der Waals surface area contributed by atoms with Gasteiger partial charge in [-0.2, -0.15) is 0 Å². The number of aromatic nitrogens is 3. The fourth-order valence-electron chi connectivity index (χ4n) is 3.09. The Labute approximate surface area is 192 Å². The van der Waals surface area contributed by atoms with Gasteiger partial charge in [-0.25, -0.2) is 9.37 Å². The molecule has 2 aromatic heterocycles. The summed E-state index contributed by atoms with van der Waals surface area (Å²) in [5, 5.41) is 15.4. The normalized spacial score (nSPS) is 10.7. The lowest BCUT2D eigenvalue weighted by molar-refractivity contribution is -0.116. The van der Waals surface area contributed by atoms with E-state index in [0.717, 1.165) is 5.56 Å². The quantitative estimate of drug-likeness (QED) is 0.382. The van der Waals surface area contributed by atoms with Crippen LogP contribution < -0.4 is 10.6 Å². The van der Waals surface area contributed by atoms with Gasteiger partial charge < -0.3 is 15.1 Å². The van der Waals surface area contributed by atoms with Gasteiger partial charge in [0.15, 0.2) is 5.13 Å². The molecule has 0 fully saturated rings. The molecule has 2 N–H and O–H groups in total. The number of hydrogen-bond acceptors (Lipinski definition) is 7. The van der Waals surface area contributed by atoms with Crippen molar-refractivity contribution >= 4 is 34.0 Å². The molecule has 0 atom stereocenters. The van der Waals surface area contributed by atoms with Crippen molar-refractivity contribution in [3.05, 3.63) is 65.6 Å². The van der Waals surface area contributed by atoms with E-state index in [4.69, 9.17) is 4.42 Å². The predicted molar refractivity (Wildman–Crippen MR) is 123 cm³/mol. The Kier molecular flexibility index (Phi) is 6.84. The zero-order valence-electron chi connectivity index (χ0n) is 17.7. The van der Waals surface area contributed by atoms with Gasteiger partial charge in [-0.05, 0) is 36.8 Å². The van der Waals surface area contributed by atoms with Crippen LogP contribution in [0.2, 0.25) is 0 Å². The van der Waals surface area contributed by atoms with E-state index >= 15 is 0 Å². The molecular formula is C23H20FN5O3S. The van der Waals surface area contributed by atoms with Gasteiger partial charge >= 0.3 is 0 Å². The summed E-state index contributed by atoms with van der Waals surface area (Å²) in [5.41, 5.74) is 1.90. The molecule has 33 heavy (non-hydrogen) atoms. The lowest BCUT2D eigenvalue weighted by Crippen LogP contribution is -2.11. The van der Waals surface area contributed by atoms with Gasteiger partial charge in [0.25, 0.3) is 0 Å². The van der Waals surface area contributed by atoms with E-state index < -0.39 is 5.82 Å². The van der Waals surface area contributed by atoms with Crippen molar-refractivity contribution in [3.63, 3.8) is 0 Å². The van der Waals surface area contributed by atoms with E-state index in [2.05, 4.69) is 25.8 Å². The first-order valence-corrected chi connectivity index (χ1v) is 11.1. The Bertz CT molecular complexity index is 1270. The number of carbonyl (C=O) groups excluding carboxylic acids is 2. The standard InChI is InChI=1S/C23H20FN5O3S/c1-14(30)25-16-10-11-17(18(24)12-16)19-13-33-23(26-19)27-20(31)8-5-9-21-28-29-22(32-21)15-6-3-2-4-7-15/h2-4,6-7,10-13H,5,8-9H2,1H3,(H,25,30)(H,26,27,31). The summed E-state index contributed by atoms with van der Waals surface area (Å²) in [7, 11) is 0. The van der Waals surface area contributed by atoms with Gasteiger partial charge in [0.05, 0.1) is 5.69 Å². The maximum absolute atomic E-state index is 14.4. The molecule has 4 aromatic rings. The van der Waals surface area contributed by atoms with Gasteiger partial charge in [0, 0.05) is 42.0 Å². The van der Waals surface area contributed by atoms with Crippen LogP contribution in [0.15, 0.2) is 58.3 Å². The number of aryl methyl sites for hydroxylation is 1. The van der Waals surface area contributed by atoms with E-state index in [1.807, 2.05) is 30.3 Å². The highest BCUT2D eigenvalue weighted by Gasteiger charge is 2.13. The van der Waals surface area contributed by atoms with E-state index in [9.17, 15) is 14.0 Å². The number of nitrogens with one attached hydrogen (secondary N) is 2. The van der Waals surface area contributed by atoms with Crippen LogP contribution in [0.4, 0.5) is 15.2 Å². The molecule has 2 aromatic carbocycles. The van der Waals surface area contributed by atoms with Crippen LogP contribution in [0.1, 0.15) is 25.7 Å². The van der Waals surface area contributed by atoms with Crippen LogP contribution in [0.25, 0.3) is 22.7 Å². The zero-order valence-corrected chi connectivity index (χ0v) is 18.5. The van der Waals surface area contributed by atoms with Gasteiger partial charge in [-0.3, -0.25) is 9.59 Å². The monoisotopic (exact) mass is 465 g/mol.